The molecule has 2 heterocycles. The maximum absolute atomic E-state index is 12.6. The highest BCUT2D eigenvalue weighted by molar-refractivity contribution is 7.89. The maximum Gasteiger partial charge on any atom is 0.241 e. The first-order valence-corrected chi connectivity index (χ1v) is 10.2. The number of nitrogens with one attached hydrogen (secondary N) is 2. The van der Waals surface area contributed by atoms with Crippen molar-refractivity contribution >= 4 is 26.9 Å². The fraction of sp³-hybridized carbons (Fsp3) is 0.200. The first-order chi connectivity index (χ1) is 13.1. The molecule has 0 aliphatic rings. The Morgan fingerprint density at radius 1 is 1.07 bits per heavy atom. The first-order valence-electron chi connectivity index (χ1n) is 8.71. The predicted molar refractivity (Wildman–Crippen MR) is 108 cm³/mol. The molecular weight excluding hydrogens is 360 g/mol. The Labute approximate surface area is 159 Å². The fourth-order valence-electron chi connectivity index (χ4n) is 2.68. The molecular formula is C20H22N4O2S. The topological polar surface area (TPSA) is 84.0 Å². The number of hydrogen-bond donors (Lipinski definition) is 2. The number of rotatable bonds is 8. The summed E-state index contributed by atoms with van der Waals surface area (Å²) in [5, 5.41) is 4.73. The quantitative estimate of drug-likeness (QED) is 0.585. The average Bonchev–Trinajstić information content (AvgIpc) is 2.70. The van der Waals surface area contributed by atoms with Crippen molar-refractivity contribution in [1.29, 1.82) is 0 Å². The van der Waals surface area contributed by atoms with Crippen molar-refractivity contribution in [3.8, 4) is 0 Å². The van der Waals surface area contributed by atoms with Crippen LogP contribution in [0.15, 0.2) is 72.0 Å². The summed E-state index contributed by atoms with van der Waals surface area (Å²) in [5.41, 5.74) is 0.886. The monoisotopic (exact) mass is 382 g/mol. The number of fused-ring (bicyclic) bond motifs is 1. The van der Waals surface area contributed by atoms with Gasteiger partial charge in [0.1, 0.15) is 0 Å². The highest BCUT2D eigenvalue weighted by Gasteiger charge is 2.16. The summed E-state index contributed by atoms with van der Waals surface area (Å²) in [5.74, 6) is 0. The number of aromatic nitrogens is 2. The third kappa shape index (κ3) is 5.19. The second-order valence-corrected chi connectivity index (χ2v) is 7.84. The van der Waals surface area contributed by atoms with Crippen LogP contribution in [0.4, 0.5) is 0 Å². The molecule has 0 aliphatic carbocycles. The third-order valence-electron chi connectivity index (χ3n) is 4.06. The van der Waals surface area contributed by atoms with Crippen molar-refractivity contribution in [3.63, 3.8) is 0 Å². The van der Waals surface area contributed by atoms with Crippen LogP contribution in [-0.4, -0.2) is 37.5 Å². The van der Waals surface area contributed by atoms with Crippen molar-refractivity contribution < 1.29 is 8.42 Å². The van der Waals surface area contributed by atoms with Crippen molar-refractivity contribution in [1.82, 2.24) is 20.0 Å². The molecule has 2 N–H and O–H groups in total. The minimum atomic E-state index is -3.59. The highest BCUT2D eigenvalue weighted by Crippen LogP contribution is 2.21. The Hall–Kier alpha value is -2.61. The third-order valence-corrected chi connectivity index (χ3v) is 5.58. The summed E-state index contributed by atoms with van der Waals surface area (Å²) < 4.78 is 27.9. The summed E-state index contributed by atoms with van der Waals surface area (Å²) in [6.45, 7) is 2.82. The van der Waals surface area contributed by atoms with E-state index in [0.717, 1.165) is 11.1 Å². The number of sulfonamides is 1. The lowest BCUT2D eigenvalue weighted by Gasteiger charge is -2.12. The van der Waals surface area contributed by atoms with Gasteiger partial charge in [-0.05, 0) is 37.3 Å². The molecule has 6 nitrogen and oxygen atoms in total. The van der Waals surface area contributed by atoms with E-state index in [-0.39, 0.29) is 10.9 Å². The molecule has 2 aromatic heterocycles. The van der Waals surface area contributed by atoms with E-state index in [9.17, 15) is 8.42 Å². The van der Waals surface area contributed by atoms with Crippen LogP contribution in [0.1, 0.15) is 12.6 Å². The summed E-state index contributed by atoms with van der Waals surface area (Å²) in [7, 11) is -3.59. The molecule has 0 radical (unpaired) electrons. The van der Waals surface area contributed by atoms with Gasteiger partial charge in [-0.1, -0.05) is 24.3 Å². The zero-order chi connectivity index (χ0) is 19.1. The van der Waals surface area contributed by atoms with Gasteiger partial charge in [0.05, 0.1) is 10.6 Å². The molecule has 27 heavy (non-hydrogen) atoms. The van der Waals surface area contributed by atoms with Crippen molar-refractivity contribution in [2.75, 3.05) is 13.1 Å². The first kappa shape index (κ1) is 19.2. The number of hydrogen-bond acceptors (Lipinski definition) is 5. The van der Waals surface area contributed by atoms with E-state index >= 15 is 0 Å². The molecule has 0 spiro atoms. The van der Waals surface area contributed by atoms with Gasteiger partial charge in [-0.3, -0.25) is 9.97 Å². The number of nitrogens with zero attached hydrogens (tertiary/aromatic N) is 2. The van der Waals surface area contributed by atoms with Gasteiger partial charge in [-0.2, -0.15) is 0 Å². The fourth-order valence-corrected chi connectivity index (χ4v) is 3.94. The lowest BCUT2D eigenvalue weighted by atomic mass is 10.2. The van der Waals surface area contributed by atoms with E-state index in [0.29, 0.717) is 18.5 Å². The Bertz CT molecular complexity index is 1020. The van der Waals surface area contributed by atoms with Crippen LogP contribution in [0.25, 0.3) is 16.8 Å². The van der Waals surface area contributed by atoms with E-state index in [4.69, 9.17) is 0 Å². The van der Waals surface area contributed by atoms with Gasteiger partial charge in [0.15, 0.2) is 0 Å². The van der Waals surface area contributed by atoms with Gasteiger partial charge in [-0.15, -0.1) is 0 Å². The largest absolute Gasteiger partial charge is 0.309 e. The average molecular weight is 382 g/mol. The molecule has 140 valence electrons. The van der Waals surface area contributed by atoms with Crippen molar-refractivity contribution in [2.45, 2.75) is 17.9 Å². The number of pyridine rings is 2. The van der Waals surface area contributed by atoms with E-state index < -0.39 is 10.0 Å². The SMILES string of the molecule is CC(/C=C/c1ccccn1)NCCNS(=O)(=O)c1cccc2cnccc12. The lowest BCUT2D eigenvalue weighted by molar-refractivity contribution is 0.571. The summed E-state index contributed by atoms with van der Waals surface area (Å²) in [4.78, 5) is 8.53. The molecule has 1 unspecified atom stereocenters. The molecule has 0 saturated carbocycles. The zero-order valence-corrected chi connectivity index (χ0v) is 15.9. The minimum Gasteiger partial charge on any atom is -0.309 e. The molecule has 1 atom stereocenters. The van der Waals surface area contributed by atoms with E-state index in [1.54, 1.807) is 36.8 Å². The van der Waals surface area contributed by atoms with Crippen LogP contribution in [0, 0.1) is 0 Å². The van der Waals surface area contributed by atoms with Crippen LogP contribution >= 0.6 is 0 Å². The van der Waals surface area contributed by atoms with E-state index in [2.05, 4.69) is 20.0 Å². The van der Waals surface area contributed by atoms with Gasteiger partial charge in [0.25, 0.3) is 0 Å². The summed E-state index contributed by atoms with van der Waals surface area (Å²) in [6, 6.07) is 12.7. The lowest BCUT2D eigenvalue weighted by Crippen LogP contribution is -2.35. The molecule has 0 saturated heterocycles. The molecule has 0 amide bonds. The van der Waals surface area contributed by atoms with Gasteiger partial charge < -0.3 is 5.32 Å². The Morgan fingerprint density at radius 2 is 1.96 bits per heavy atom. The minimum absolute atomic E-state index is 0.0974. The van der Waals surface area contributed by atoms with Gasteiger partial charge in [0.2, 0.25) is 10.0 Å². The molecule has 3 aromatic rings. The van der Waals surface area contributed by atoms with Crippen molar-refractivity contribution in [2.24, 2.45) is 0 Å². The van der Waals surface area contributed by atoms with Crippen LogP contribution in [0.3, 0.4) is 0 Å². The number of benzene rings is 1. The van der Waals surface area contributed by atoms with E-state index in [1.165, 1.54) is 0 Å². The maximum atomic E-state index is 12.6. The molecule has 0 fully saturated rings. The second-order valence-electron chi connectivity index (χ2n) is 6.11. The summed E-state index contributed by atoms with van der Waals surface area (Å²) >= 11 is 0. The Kier molecular flexibility index (Phi) is 6.28. The Balaban J connectivity index is 1.54. The van der Waals surface area contributed by atoms with Crippen molar-refractivity contribution in [3.05, 3.63) is 72.8 Å². The molecule has 0 aliphatic heterocycles. The molecule has 7 heteroatoms. The highest BCUT2D eigenvalue weighted by atomic mass is 32.2. The normalized spacial score (nSPS) is 13.2. The molecule has 0 bridgehead atoms. The van der Waals surface area contributed by atoms with Crippen LogP contribution in [0.2, 0.25) is 0 Å². The molecule has 1 aromatic carbocycles. The van der Waals surface area contributed by atoms with Gasteiger partial charge in [0, 0.05) is 48.5 Å². The second kappa shape index (κ2) is 8.85. The van der Waals surface area contributed by atoms with Gasteiger partial charge >= 0.3 is 0 Å². The van der Waals surface area contributed by atoms with Crippen LogP contribution in [0.5, 0.6) is 0 Å². The Morgan fingerprint density at radius 3 is 2.78 bits per heavy atom. The van der Waals surface area contributed by atoms with Crippen LogP contribution < -0.4 is 10.0 Å². The smallest absolute Gasteiger partial charge is 0.241 e. The molecule has 3 rings (SSSR count). The predicted octanol–water partition coefficient (Wildman–Crippen LogP) is 2.60. The zero-order valence-electron chi connectivity index (χ0n) is 15.0. The van der Waals surface area contributed by atoms with Crippen LogP contribution in [-0.2, 0) is 10.0 Å². The van der Waals surface area contributed by atoms with E-state index in [1.807, 2.05) is 43.3 Å². The van der Waals surface area contributed by atoms with Gasteiger partial charge in [-0.25, -0.2) is 13.1 Å². The standard InChI is InChI=1S/C20H22N4O2S/c1-16(8-9-18-6-2-3-11-23-18)22-13-14-24-27(25,26)20-7-4-5-17-15-21-12-10-19(17)20/h2-12,15-16,22,24H,13-14H2,1H3/b9-8+. The summed E-state index contributed by atoms with van der Waals surface area (Å²) in [6.07, 6.45) is 8.93.